The molecule has 1 amide bonds. The van der Waals surface area contributed by atoms with Gasteiger partial charge in [0.2, 0.25) is 5.91 Å². The Bertz CT molecular complexity index is 629. The molecule has 0 aromatic carbocycles. The summed E-state index contributed by atoms with van der Waals surface area (Å²) in [5.41, 5.74) is 6.25. The van der Waals surface area contributed by atoms with Crippen LogP contribution in [0.5, 0.6) is 0 Å². The van der Waals surface area contributed by atoms with E-state index in [0.717, 1.165) is 12.8 Å². The van der Waals surface area contributed by atoms with Crippen LogP contribution in [-0.2, 0) is 23.9 Å². The largest absolute Gasteiger partial charge is 0.479 e. The van der Waals surface area contributed by atoms with E-state index < -0.39 is 48.3 Å². The van der Waals surface area contributed by atoms with Crippen molar-refractivity contribution in [2.45, 2.75) is 76.5 Å². The van der Waals surface area contributed by atoms with Crippen molar-refractivity contribution >= 4 is 23.8 Å². The van der Waals surface area contributed by atoms with E-state index in [1.807, 2.05) is 13.8 Å². The first-order chi connectivity index (χ1) is 13.8. The van der Waals surface area contributed by atoms with Gasteiger partial charge in [-0.25, -0.2) is 14.4 Å². The maximum Gasteiger partial charge on any atom is 0.335 e. The summed E-state index contributed by atoms with van der Waals surface area (Å²) in [4.78, 5) is 42.0. The molecule has 0 radical (unpaired) electrons. The molecule has 5 unspecified atom stereocenters. The van der Waals surface area contributed by atoms with Gasteiger partial charge in [0.25, 0.3) is 0 Å². The molecule has 0 heterocycles. The van der Waals surface area contributed by atoms with E-state index in [-0.39, 0.29) is 24.0 Å². The molecule has 1 aliphatic carbocycles. The number of carboxylic acid groups (broad SMARTS) is 3. The Morgan fingerprint density at radius 1 is 1.10 bits per heavy atom. The van der Waals surface area contributed by atoms with Crippen LogP contribution in [0.25, 0.3) is 0 Å². The maximum absolute atomic E-state index is 11.3. The van der Waals surface area contributed by atoms with E-state index in [2.05, 4.69) is 5.32 Å². The zero-order valence-corrected chi connectivity index (χ0v) is 17.0. The quantitative estimate of drug-likeness (QED) is 0.226. The van der Waals surface area contributed by atoms with Gasteiger partial charge in [-0.2, -0.15) is 0 Å². The molecular formula is C18H30N2O10. The average molecular weight is 434 g/mol. The van der Waals surface area contributed by atoms with Crippen LogP contribution < -0.4 is 11.1 Å². The fourth-order valence-electron chi connectivity index (χ4n) is 2.67. The van der Waals surface area contributed by atoms with Crippen molar-refractivity contribution in [3.05, 3.63) is 11.6 Å². The Labute approximate surface area is 173 Å². The van der Waals surface area contributed by atoms with Gasteiger partial charge in [0, 0.05) is 18.5 Å². The number of aliphatic hydroxyl groups is 2. The van der Waals surface area contributed by atoms with Crippen LogP contribution in [0.15, 0.2) is 11.6 Å². The first-order valence-electron chi connectivity index (χ1n) is 9.29. The van der Waals surface area contributed by atoms with Crippen molar-refractivity contribution < 1.29 is 49.4 Å². The summed E-state index contributed by atoms with van der Waals surface area (Å²) in [6, 6.07) is -0.856. The first-order valence-corrected chi connectivity index (χ1v) is 9.29. The highest BCUT2D eigenvalue weighted by Crippen LogP contribution is 2.23. The Morgan fingerprint density at radius 2 is 1.57 bits per heavy atom. The van der Waals surface area contributed by atoms with Gasteiger partial charge in [-0.05, 0) is 25.3 Å². The minimum Gasteiger partial charge on any atom is -0.479 e. The van der Waals surface area contributed by atoms with Crippen molar-refractivity contribution in [3.8, 4) is 0 Å². The molecule has 172 valence electrons. The van der Waals surface area contributed by atoms with E-state index >= 15 is 0 Å². The lowest BCUT2D eigenvalue weighted by atomic mass is 9.88. The van der Waals surface area contributed by atoms with Gasteiger partial charge in [-0.15, -0.1) is 0 Å². The van der Waals surface area contributed by atoms with Crippen molar-refractivity contribution in [3.63, 3.8) is 0 Å². The highest BCUT2D eigenvalue weighted by molar-refractivity contribution is 5.87. The summed E-state index contributed by atoms with van der Waals surface area (Å²) in [5, 5.41) is 44.4. The van der Waals surface area contributed by atoms with Crippen molar-refractivity contribution in [1.29, 1.82) is 0 Å². The second kappa shape index (κ2) is 12.9. The fraction of sp³-hybridized carbons (Fsp3) is 0.667. The fourth-order valence-corrected chi connectivity index (χ4v) is 2.67. The summed E-state index contributed by atoms with van der Waals surface area (Å²) in [7, 11) is 0. The highest BCUT2D eigenvalue weighted by atomic mass is 16.5. The second-order valence-electron chi connectivity index (χ2n) is 6.70. The number of aliphatic hydroxyl groups excluding tert-OH is 2. The van der Waals surface area contributed by atoms with E-state index in [1.54, 1.807) is 6.08 Å². The number of hydrogen-bond donors (Lipinski definition) is 7. The molecule has 30 heavy (non-hydrogen) atoms. The summed E-state index contributed by atoms with van der Waals surface area (Å²) in [6.07, 6.45) is -1.56. The molecule has 0 saturated carbocycles. The number of hydrogen-bond acceptors (Lipinski definition) is 8. The van der Waals surface area contributed by atoms with Gasteiger partial charge < -0.3 is 41.3 Å². The predicted molar refractivity (Wildman–Crippen MR) is 102 cm³/mol. The van der Waals surface area contributed by atoms with E-state index in [0.29, 0.717) is 0 Å². The number of amides is 1. The normalized spacial score (nSPS) is 22.8. The van der Waals surface area contributed by atoms with Crippen LogP contribution in [0.2, 0.25) is 0 Å². The van der Waals surface area contributed by atoms with Crippen molar-refractivity contribution in [2.75, 3.05) is 0 Å². The van der Waals surface area contributed by atoms with Gasteiger partial charge in [0.15, 0.2) is 12.2 Å². The van der Waals surface area contributed by atoms with Crippen LogP contribution in [0.3, 0.4) is 0 Å². The van der Waals surface area contributed by atoms with E-state index in [4.69, 9.17) is 36.0 Å². The zero-order valence-electron chi connectivity index (χ0n) is 17.0. The van der Waals surface area contributed by atoms with Gasteiger partial charge >= 0.3 is 17.9 Å². The molecule has 0 bridgehead atoms. The molecule has 5 atom stereocenters. The summed E-state index contributed by atoms with van der Waals surface area (Å²) in [5.74, 6) is -4.72. The molecule has 1 rings (SSSR count). The van der Waals surface area contributed by atoms with Crippen LogP contribution in [0.4, 0.5) is 0 Å². The maximum atomic E-state index is 11.3. The Kier molecular flexibility index (Phi) is 11.8. The number of rotatable bonds is 9. The molecule has 0 fully saturated rings. The standard InChI is InChI=1S/C14H24N2O4.C4H6O6/c1-4-10(5-2)20-12-7-9(14(18)19)6-11(15)13(12)16-8(3)17;5-1(3(7)8)2(6)4(9)10/h7,10-13H,4-6,15H2,1-3H3,(H,16,17)(H,18,19);1-2,5-6H,(H,7,8)(H,9,10). The van der Waals surface area contributed by atoms with Gasteiger partial charge in [-0.1, -0.05) is 13.8 Å². The van der Waals surface area contributed by atoms with Crippen LogP contribution in [-0.4, -0.2) is 85.8 Å². The number of carbonyl (C=O) groups excluding carboxylic acids is 1. The molecule has 8 N–H and O–H groups in total. The molecule has 0 aromatic heterocycles. The number of carbonyl (C=O) groups is 4. The third kappa shape index (κ3) is 8.86. The SMILES string of the molecule is CCC(CC)OC1C=C(C(=O)O)CC(N)C1NC(C)=O.O=C(O)C(O)C(O)C(=O)O. The van der Waals surface area contributed by atoms with Crippen molar-refractivity contribution in [2.24, 2.45) is 5.73 Å². The molecule has 0 aromatic rings. The third-order valence-electron chi connectivity index (χ3n) is 4.35. The Morgan fingerprint density at radius 3 is 1.90 bits per heavy atom. The minimum atomic E-state index is -2.27. The van der Waals surface area contributed by atoms with Crippen LogP contribution in [0, 0.1) is 0 Å². The monoisotopic (exact) mass is 434 g/mol. The third-order valence-corrected chi connectivity index (χ3v) is 4.35. The first kappa shape index (κ1) is 27.5. The second-order valence-corrected chi connectivity index (χ2v) is 6.70. The molecule has 0 spiro atoms. The smallest absolute Gasteiger partial charge is 0.335 e. The molecule has 0 saturated heterocycles. The van der Waals surface area contributed by atoms with Crippen LogP contribution >= 0.6 is 0 Å². The molecule has 12 heteroatoms. The summed E-state index contributed by atoms with van der Waals surface area (Å²) in [6.45, 7) is 5.43. The zero-order chi connectivity index (χ0) is 23.6. The number of aliphatic carboxylic acids is 3. The highest BCUT2D eigenvalue weighted by Gasteiger charge is 2.35. The van der Waals surface area contributed by atoms with Gasteiger partial charge in [0.05, 0.1) is 18.2 Å². The number of carboxylic acids is 3. The summed E-state index contributed by atoms with van der Waals surface area (Å²) < 4.78 is 5.92. The lowest BCUT2D eigenvalue weighted by Crippen LogP contribution is -2.57. The van der Waals surface area contributed by atoms with Crippen LogP contribution in [0.1, 0.15) is 40.0 Å². The topological polar surface area (TPSA) is 217 Å². The van der Waals surface area contributed by atoms with E-state index in [9.17, 15) is 19.2 Å². The minimum absolute atomic E-state index is 0.0212. The van der Waals surface area contributed by atoms with Gasteiger partial charge in [-0.3, -0.25) is 4.79 Å². The van der Waals surface area contributed by atoms with Gasteiger partial charge in [0.1, 0.15) is 0 Å². The molecule has 1 aliphatic rings. The predicted octanol–water partition coefficient (Wildman–Crippen LogP) is -1.32. The Hall–Kier alpha value is -2.54. The Balaban J connectivity index is 0.000000710. The number of nitrogens with one attached hydrogen (secondary N) is 1. The molecule has 12 nitrogen and oxygen atoms in total. The number of nitrogens with two attached hydrogens (primary N) is 1. The lowest BCUT2D eigenvalue weighted by molar-refractivity contribution is -0.165. The number of ether oxygens (including phenoxy) is 1. The summed E-state index contributed by atoms with van der Waals surface area (Å²) >= 11 is 0. The average Bonchev–Trinajstić information content (AvgIpc) is 2.66. The van der Waals surface area contributed by atoms with Crippen molar-refractivity contribution in [1.82, 2.24) is 5.32 Å². The molecular weight excluding hydrogens is 404 g/mol. The lowest BCUT2D eigenvalue weighted by Gasteiger charge is -2.36. The molecule has 0 aliphatic heterocycles. The van der Waals surface area contributed by atoms with E-state index in [1.165, 1.54) is 6.92 Å².